The summed E-state index contributed by atoms with van der Waals surface area (Å²) in [7, 11) is 0. The number of aromatic amines is 1. The molecule has 0 saturated carbocycles. The molecule has 164 valence electrons. The highest BCUT2D eigenvalue weighted by Gasteiger charge is 2.26. The van der Waals surface area contributed by atoms with Crippen LogP contribution in [-0.4, -0.2) is 49.9 Å². The standard InChI is InChI=1S/C22H21Cl2N7O/c1-11(20-29-17-3-2-12(23)6-19(17)30-20)28-21-15-7-16(24)14(8-18(15)26-10-27-21)22(32)31-5-4-13(25)9-31/h2-3,6-8,10-11,13H,4-5,9,25H2,1H3,(H,29,30)(H,26,27,28)/t11-,13-/m1/s1. The van der Waals surface area contributed by atoms with Gasteiger partial charge in [0, 0.05) is 29.5 Å². The van der Waals surface area contributed by atoms with Crippen LogP contribution in [0.3, 0.4) is 0 Å². The first kappa shape index (κ1) is 20.9. The SMILES string of the molecule is C[C@@H](Nc1ncnc2cc(C(=O)N3CC[C@@H](N)C3)c(Cl)cc12)c1nc2ccc(Cl)cc2[nH]1. The summed E-state index contributed by atoms with van der Waals surface area (Å²) in [6.45, 7) is 3.14. The first-order chi connectivity index (χ1) is 15.4. The predicted molar refractivity (Wildman–Crippen MR) is 126 cm³/mol. The zero-order chi connectivity index (χ0) is 22.4. The zero-order valence-corrected chi connectivity index (χ0v) is 18.8. The van der Waals surface area contributed by atoms with Gasteiger partial charge in [-0.05, 0) is 43.7 Å². The summed E-state index contributed by atoms with van der Waals surface area (Å²) >= 11 is 12.6. The molecule has 0 spiro atoms. The van der Waals surface area contributed by atoms with Crippen LogP contribution in [0.2, 0.25) is 10.0 Å². The molecule has 0 unspecified atom stereocenters. The fraction of sp³-hybridized carbons (Fsp3) is 0.273. The third kappa shape index (κ3) is 3.85. The summed E-state index contributed by atoms with van der Waals surface area (Å²) in [5, 5.41) is 5.08. The van der Waals surface area contributed by atoms with Crippen LogP contribution in [0.4, 0.5) is 5.82 Å². The Morgan fingerprint density at radius 2 is 2.09 bits per heavy atom. The lowest BCUT2D eigenvalue weighted by Crippen LogP contribution is -2.32. The number of hydrogen-bond donors (Lipinski definition) is 3. The Morgan fingerprint density at radius 3 is 2.88 bits per heavy atom. The molecule has 1 amide bonds. The van der Waals surface area contributed by atoms with Crippen molar-refractivity contribution in [3.8, 4) is 0 Å². The van der Waals surface area contributed by atoms with Crippen molar-refractivity contribution >= 4 is 56.9 Å². The van der Waals surface area contributed by atoms with Gasteiger partial charge in [0.05, 0.1) is 33.2 Å². The Hall–Kier alpha value is -2.94. The molecule has 0 radical (unpaired) electrons. The molecule has 2 atom stereocenters. The van der Waals surface area contributed by atoms with Gasteiger partial charge in [0.2, 0.25) is 0 Å². The Morgan fingerprint density at radius 1 is 1.25 bits per heavy atom. The number of imidazole rings is 1. The molecule has 3 heterocycles. The van der Waals surface area contributed by atoms with Crippen molar-refractivity contribution < 1.29 is 4.79 Å². The lowest BCUT2D eigenvalue weighted by atomic mass is 10.1. The number of nitrogens with two attached hydrogens (primary N) is 1. The number of rotatable bonds is 4. The van der Waals surface area contributed by atoms with Crippen molar-refractivity contribution in [1.82, 2.24) is 24.8 Å². The third-order valence-electron chi connectivity index (χ3n) is 5.69. The van der Waals surface area contributed by atoms with Crippen molar-refractivity contribution in [2.24, 2.45) is 5.73 Å². The Kier molecular flexibility index (Phi) is 5.36. The Bertz CT molecular complexity index is 1340. The van der Waals surface area contributed by atoms with E-state index in [4.69, 9.17) is 28.9 Å². The molecule has 1 aliphatic rings. The second-order valence-corrected chi connectivity index (χ2v) is 8.86. The average Bonchev–Trinajstić information content (AvgIpc) is 3.39. The van der Waals surface area contributed by atoms with Crippen LogP contribution >= 0.6 is 23.2 Å². The number of aromatic nitrogens is 4. The summed E-state index contributed by atoms with van der Waals surface area (Å²) in [5.41, 5.74) is 8.68. The molecule has 1 aliphatic heterocycles. The van der Waals surface area contributed by atoms with Crippen LogP contribution in [0.25, 0.3) is 21.9 Å². The van der Waals surface area contributed by atoms with Gasteiger partial charge in [-0.15, -0.1) is 0 Å². The van der Waals surface area contributed by atoms with E-state index in [9.17, 15) is 4.79 Å². The topological polar surface area (TPSA) is 113 Å². The Balaban J connectivity index is 1.45. The van der Waals surface area contributed by atoms with Crippen LogP contribution < -0.4 is 11.1 Å². The number of carbonyl (C=O) groups is 1. The van der Waals surface area contributed by atoms with E-state index in [0.717, 1.165) is 28.7 Å². The van der Waals surface area contributed by atoms with Gasteiger partial charge >= 0.3 is 0 Å². The highest BCUT2D eigenvalue weighted by Crippen LogP contribution is 2.30. The van der Waals surface area contributed by atoms with Gasteiger partial charge in [0.25, 0.3) is 5.91 Å². The van der Waals surface area contributed by atoms with E-state index in [1.54, 1.807) is 23.1 Å². The van der Waals surface area contributed by atoms with Gasteiger partial charge in [-0.2, -0.15) is 0 Å². The zero-order valence-electron chi connectivity index (χ0n) is 17.3. The van der Waals surface area contributed by atoms with Gasteiger partial charge in [-0.25, -0.2) is 15.0 Å². The number of H-pyrrole nitrogens is 1. The number of carbonyl (C=O) groups excluding carboxylic acids is 1. The monoisotopic (exact) mass is 469 g/mol. The number of benzene rings is 2. The molecule has 1 saturated heterocycles. The fourth-order valence-electron chi connectivity index (χ4n) is 3.98. The van der Waals surface area contributed by atoms with Gasteiger partial charge < -0.3 is 20.9 Å². The van der Waals surface area contributed by atoms with Gasteiger partial charge in [0.15, 0.2) is 0 Å². The van der Waals surface area contributed by atoms with Crippen molar-refractivity contribution in [2.45, 2.75) is 25.4 Å². The van der Waals surface area contributed by atoms with Crippen LogP contribution in [-0.2, 0) is 0 Å². The number of nitrogens with one attached hydrogen (secondary N) is 2. The van der Waals surface area contributed by atoms with Crippen molar-refractivity contribution in [3.63, 3.8) is 0 Å². The summed E-state index contributed by atoms with van der Waals surface area (Å²) in [6, 6.07) is 8.79. The molecule has 8 nitrogen and oxygen atoms in total. The number of anilines is 1. The number of fused-ring (bicyclic) bond motifs is 2. The molecule has 5 rings (SSSR count). The lowest BCUT2D eigenvalue weighted by Gasteiger charge is -2.18. The fourth-order valence-corrected chi connectivity index (χ4v) is 4.39. The molecule has 0 bridgehead atoms. The molecule has 1 fully saturated rings. The van der Waals surface area contributed by atoms with E-state index in [0.29, 0.717) is 40.0 Å². The molecular formula is C22H21Cl2N7O. The molecule has 2 aromatic heterocycles. The second kappa shape index (κ2) is 8.20. The average molecular weight is 470 g/mol. The normalized spacial score (nSPS) is 17.2. The van der Waals surface area contributed by atoms with E-state index in [1.807, 2.05) is 19.1 Å². The number of likely N-dealkylation sites (tertiary alicyclic amines) is 1. The molecule has 2 aromatic carbocycles. The molecule has 32 heavy (non-hydrogen) atoms. The number of nitrogens with zero attached hydrogens (tertiary/aromatic N) is 4. The molecular weight excluding hydrogens is 449 g/mol. The van der Waals surface area contributed by atoms with E-state index >= 15 is 0 Å². The minimum absolute atomic E-state index is 0.00655. The summed E-state index contributed by atoms with van der Waals surface area (Å²) in [6.07, 6.45) is 2.25. The van der Waals surface area contributed by atoms with Gasteiger partial charge in [-0.1, -0.05) is 23.2 Å². The highest BCUT2D eigenvalue weighted by atomic mass is 35.5. The maximum Gasteiger partial charge on any atom is 0.255 e. The van der Waals surface area contributed by atoms with Crippen LogP contribution in [0.5, 0.6) is 0 Å². The van der Waals surface area contributed by atoms with Gasteiger partial charge in [0.1, 0.15) is 18.0 Å². The van der Waals surface area contributed by atoms with Crippen molar-refractivity contribution in [2.75, 3.05) is 18.4 Å². The van der Waals surface area contributed by atoms with Crippen LogP contribution in [0.1, 0.15) is 35.6 Å². The molecule has 4 aromatic rings. The lowest BCUT2D eigenvalue weighted by molar-refractivity contribution is 0.0791. The van der Waals surface area contributed by atoms with Crippen molar-refractivity contribution in [3.05, 3.63) is 58.1 Å². The third-order valence-corrected chi connectivity index (χ3v) is 6.24. The van der Waals surface area contributed by atoms with Crippen LogP contribution in [0, 0.1) is 0 Å². The van der Waals surface area contributed by atoms with E-state index in [-0.39, 0.29) is 18.0 Å². The first-order valence-corrected chi connectivity index (χ1v) is 11.1. The highest BCUT2D eigenvalue weighted by molar-refractivity contribution is 6.35. The largest absolute Gasteiger partial charge is 0.360 e. The minimum Gasteiger partial charge on any atom is -0.360 e. The summed E-state index contributed by atoms with van der Waals surface area (Å²) in [4.78, 5) is 31.3. The Labute approximate surface area is 194 Å². The van der Waals surface area contributed by atoms with Crippen molar-refractivity contribution in [1.29, 1.82) is 0 Å². The minimum atomic E-state index is -0.176. The molecule has 10 heteroatoms. The molecule has 0 aliphatic carbocycles. The number of amides is 1. The van der Waals surface area contributed by atoms with E-state index in [2.05, 4.69) is 25.3 Å². The first-order valence-electron chi connectivity index (χ1n) is 10.3. The molecule has 4 N–H and O–H groups in total. The maximum atomic E-state index is 12.9. The van der Waals surface area contributed by atoms with Gasteiger partial charge in [-0.3, -0.25) is 4.79 Å². The number of halogens is 2. The van der Waals surface area contributed by atoms with Crippen LogP contribution in [0.15, 0.2) is 36.7 Å². The quantitative estimate of drug-likeness (QED) is 0.413. The predicted octanol–water partition coefficient (Wildman–Crippen LogP) is 4.16. The van der Waals surface area contributed by atoms with E-state index in [1.165, 1.54) is 6.33 Å². The maximum absolute atomic E-state index is 12.9. The summed E-state index contributed by atoms with van der Waals surface area (Å²) in [5.74, 6) is 1.22. The number of hydrogen-bond acceptors (Lipinski definition) is 6. The smallest absolute Gasteiger partial charge is 0.255 e. The van der Waals surface area contributed by atoms with E-state index < -0.39 is 0 Å². The summed E-state index contributed by atoms with van der Waals surface area (Å²) < 4.78 is 0. The second-order valence-electron chi connectivity index (χ2n) is 8.02.